The van der Waals surface area contributed by atoms with Gasteiger partial charge in [0.15, 0.2) is 0 Å². The van der Waals surface area contributed by atoms with E-state index in [9.17, 15) is 4.79 Å². The number of carbonyl (C=O) groups excluding carboxylic acids is 1. The fourth-order valence-corrected chi connectivity index (χ4v) is 2.68. The Morgan fingerprint density at radius 2 is 1.96 bits per heavy atom. The summed E-state index contributed by atoms with van der Waals surface area (Å²) in [4.78, 5) is 14.1. The number of carbonyl (C=O) groups is 1. The Morgan fingerprint density at radius 1 is 1.35 bits per heavy atom. The van der Waals surface area contributed by atoms with Gasteiger partial charge in [0.05, 0.1) is 6.04 Å². The molecule has 1 unspecified atom stereocenters. The first-order valence-electron chi connectivity index (χ1n) is 9.53. The summed E-state index contributed by atoms with van der Waals surface area (Å²) in [6.45, 7) is 20.1. The first-order valence-corrected chi connectivity index (χ1v) is 9.53. The molecule has 6 nitrogen and oxygen atoms in total. The molecule has 2 rings (SSSR count). The number of hydrogen-bond donors (Lipinski definition) is 3. The van der Waals surface area contributed by atoms with Gasteiger partial charge in [-0.1, -0.05) is 32.9 Å². The third-order valence-electron chi connectivity index (χ3n) is 4.31. The van der Waals surface area contributed by atoms with E-state index in [0.29, 0.717) is 6.04 Å². The Hall–Kier alpha value is -2.08. The standard InChI is InChI=1S/C18H29N5O.C2H6/c1-7-17-21-22-18(24)13(6)23(17)16(12(4)5)8-15(11(2)3)20-14-9-19-10-14;1-2/h8,13-14,19-20H,4,7,9-10H2,1-3,5-6H3,(H,22,24);1-2H3/b16-8+;. The number of hydrazone groups is 1. The predicted molar refractivity (Wildman–Crippen MR) is 110 cm³/mol. The lowest BCUT2D eigenvalue weighted by Gasteiger charge is -2.36. The van der Waals surface area contributed by atoms with Crippen LogP contribution in [0.4, 0.5) is 0 Å². The quantitative estimate of drug-likeness (QED) is 0.636. The van der Waals surface area contributed by atoms with Crippen molar-refractivity contribution in [2.45, 2.75) is 67.0 Å². The van der Waals surface area contributed by atoms with Crippen molar-refractivity contribution >= 4 is 11.7 Å². The van der Waals surface area contributed by atoms with Crippen LogP contribution < -0.4 is 16.1 Å². The van der Waals surface area contributed by atoms with Crippen molar-refractivity contribution in [1.29, 1.82) is 0 Å². The SMILES string of the molecule is C=C(C)/C(=C\C(NC1CNC1)=C(C)C)N1C(CC)=NNC(=O)C1C.CC. The molecule has 0 radical (unpaired) electrons. The molecule has 2 heterocycles. The molecule has 0 aromatic heterocycles. The van der Waals surface area contributed by atoms with Crippen LogP contribution in [0.3, 0.4) is 0 Å². The zero-order valence-corrected chi connectivity index (χ0v) is 17.4. The molecule has 2 aliphatic rings. The molecule has 3 N–H and O–H groups in total. The predicted octanol–water partition coefficient (Wildman–Crippen LogP) is 2.87. The molecule has 1 saturated heterocycles. The summed E-state index contributed by atoms with van der Waals surface area (Å²) in [5.74, 6) is 0.740. The van der Waals surface area contributed by atoms with Gasteiger partial charge in [-0.2, -0.15) is 5.10 Å². The summed E-state index contributed by atoms with van der Waals surface area (Å²) in [5.41, 5.74) is 6.71. The van der Waals surface area contributed by atoms with Crippen LogP contribution in [0.5, 0.6) is 0 Å². The molecule has 0 aromatic rings. The molecule has 0 bridgehead atoms. The summed E-state index contributed by atoms with van der Waals surface area (Å²) < 4.78 is 0. The molecule has 1 atom stereocenters. The molecular weight excluding hydrogens is 326 g/mol. The van der Waals surface area contributed by atoms with E-state index in [1.165, 1.54) is 5.57 Å². The zero-order chi connectivity index (χ0) is 19.9. The summed E-state index contributed by atoms with van der Waals surface area (Å²) in [6.07, 6.45) is 2.83. The number of amides is 1. The largest absolute Gasteiger partial charge is 0.380 e. The molecule has 0 saturated carbocycles. The molecule has 1 fully saturated rings. The number of amidine groups is 1. The fraction of sp³-hybridized carbons (Fsp3) is 0.600. The van der Waals surface area contributed by atoms with Crippen molar-refractivity contribution in [2.75, 3.05) is 13.1 Å². The second-order valence-corrected chi connectivity index (χ2v) is 6.63. The van der Waals surface area contributed by atoms with E-state index in [1.807, 2.05) is 39.5 Å². The molecule has 2 aliphatic heterocycles. The van der Waals surface area contributed by atoms with E-state index in [1.54, 1.807) is 0 Å². The maximum absolute atomic E-state index is 12.1. The van der Waals surface area contributed by atoms with Crippen molar-refractivity contribution in [1.82, 2.24) is 21.0 Å². The van der Waals surface area contributed by atoms with Crippen molar-refractivity contribution < 1.29 is 4.79 Å². The average Bonchev–Trinajstić information content (AvgIpc) is 2.57. The van der Waals surface area contributed by atoms with E-state index < -0.39 is 0 Å². The third kappa shape index (κ3) is 5.21. The number of hydrogen-bond acceptors (Lipinski definition) is 5. The molecule has 0 aromatic carbocycles. The molecule has 146 valence electrons. The molecule has 1 amide bonds. The number of allylic oxidation sites excluding steroid dienone is 3. The topological polar surface area (TPSA) is 68.8 Å². The van der Waals surface area contributed by atoms with Gasteiger partial charge in [-0.05, 0) is 39.3 Å². The zero-order valence-electron chi connectivity index (χ0n) is 17.4. The second kappa shape index (κ2) is 10.2. The average molecular weight is 362 g/mol. The van der Waals surface area contributed by atoms with E-state index in [0.717, 1.165) is 42.3 Å². The van der Waals surface area contributed by atoms with E-state index >= 15 is 0 Å². The monoisotopic (exact) mass is 361 g/mol. The fourth-order valence-electron chi connectivity index (χ4n) is 2.68. The Labute approximate surface area is 158 Å². The van der Waals surface area contributed by atoms with Crippen LogP contribution >= 0.6 is 0 Å². The van der Waals surface area contributed by atoms with Gasteiger partial charge in [0, 0.05) is 30.9 Å². The van der Waals surface area contributed by atoms with Gasteiger partial charge in [0.2, 0.25) is 0 Å². The molecule has 0 spiro atoms. The van der Waals surface area contributed by atoms with Crippen LogP contribution in [0.2, 0.25) is 0 Å². The summed E-state index contributed by atoms with van der Waals surface area (Å²) in [6, 6.07) is 0.128. The minimum absolute atomic E-state index is 0.103. The van der Waals surface area contributed by atoms with Crippen LogP contribution in [-0.4, -0.2) is 41.8 Å². The Balaban J connectivity index is 0.00000163. The van der Waals surface area contributed by atoms with Crippen LogP contribution in [-0.2, 0) is 4.79 Å². The van der Waals surface area contributed by atoms with Gasteiger partial charge in [0.1, 0.15) is 11.9 Å². The highest BCUT2D eigenvalue weighted by molar-refractivity contribution is 5.95. The van der Waals surface area contributed by atoms with Crippen LogP contribution in [0, 0.1) is 0 Å². The summed E-state index contributed by atoms with van der Waals surface area (Å²) in [7, 11) is 0. The summed E-state index contributed by atoms with van der Waals surface area (Å²) >= 11 is 0. The highest BCUT2D eigenvalue weighted by atomic mass is 16.2. The lowest BCUT2D eigenvalue weighted by atomic mass is 10.1. The minimum atomic E-state index is -0.316. The Bertz CT molecular complexity index is 610. The second-order valence-electron chi connectivity index (χ2n) is 6.63. The number of rotatable bonds is 6. The van der Waals surface area contributed by atoms with Gasteiger partial charge >= 0.3 is 0 Å². The molecule has 6 heteroatoms. The molecular formula is C20H35N5O. The maximum atomic E-state index is 12.1. The van der Waals surface area contributed by atoms with Gasteiger partial charge in [-0.3, -0.25) is 4.79 Å². The van der Waals surface area contributed by atoms with Crippen LogP contribution in [0.25, 0.3) is 0 Å². The number of nitrogens with zero attached hydrogens (tertiary/aromatic N) is 2. The normalized spacial score (nSPS) is 20.2. The number of nitrogens with one attached hydrogen (secondary N) is 3. The smallest absolute Gasteiger partial charge is 0.262 e. The van der Waals surface area contributed by atoms with E-state index in [-0.39, 0.29) is 11.9 Å². The van der Waals surface area contributed by atoms with Gasteiger partial charge in [-0.25, -0.2) is 5.43 Å². The molecule has 26 heavy (non-hydrogen) atoms. The van der Waals surface area contributed by atoms with Crippen molar-refractivity contribution in [3.63, 3.8) is 0 Å². The van der Waals surface area contributed by atoms with E-state index in [4.69, 9.17) is 0 Å². The van der Waals surface area contributed by atoms with Crippen molar-refractivity contribution in [3.8, 4) is 0 Å². The Morgan fingerprint density at radius 3 is 2.38 bits per heavy atom. The van der Waals surface area contributed by atoms with Gasteiger partial charge in [0.25, 0.3) is 5.91 Å². The van der Waals surface area contributed by atoms with Crippen molar-refractivity contribution in [2.24, 2.45) is 5.10 Å². The first kappa shape index (κ1) is 22.0. The molecule has 0 aliphatic carbocycles. The Kier molecular flexibility index (Phi) is 8.58. The third-order valence-corrected chi connectivity index (χ3v) is 4.31. The van der Waals surface area contributed by atoms with Gasteiger partial charge in [-0.15, -0.1) is 0 Å². The van der Waals surface area contributed by atoms with Crippen molar-refractivity contribution in [3.05, 3.63) is 35.2 Å². The van der Waals surface area contributed by atoms with Crippen LogP contribution in [0.15, 0.2) is 40.3 Å². The highest BCUT2D eigenvalue weighted by Crippen LogP contribution is 2.23. The van der Waals surface area contributed by atoms with E-state index in [2.05, 4.69) is 47.7 Å². The highest BCUT2D eigenvalue weighted by Gasteiger charge is 2.31. The minimum Gasteiger partial charge on any atom is -0.380 e. The summed E-state index contributed by atoms with van der Waals surface area (Å²) in [5, 5.41) is 11.1. The van der Waals surface area contributed by atoms with Gasteiger partial charge < -0.3 is 15.5 Å². The first-order chi connectivity index (χ1) is 12.3. The lowest BCUT2D eigenvalue weighted by molar-refractivity contribution is -0.124. The lowest BCUT2D eigenvalue weighted by Crippen LogP contribution is -2.55. The maximum Gasteiger partial charge on any atom is 0.262 e. The van der Waals surface area contributed by atoms with Crippen LogP contribution in [0.1, 0.15) is 54.9 Å².